The van der Waals surface area contributed by atoms with Gasteiger partial charge in [-0.25, -0.2) is 0 Å². The number of rotatable bonds is 2. The van der Waals surface area contributed by atoms with Gasteiger partial charge in [-0.15, -0.1) is 11.6 Å². The third-order valence-electron chi connectivity index (χ3n) is 1.57. The zero-order valence-electron chi connectivity index (χ0n) is 6.60. The highest BCUT2D eigenvalue weighted by Gasteiger charge is 1.93. The molecule has 0 fully saturated rings. The molecular formula is C10H11Cl. The van der Waals surface area contributed by atoms with E-state index in [1.54, 1.807) is 0 Å². The summed E-state index contributed by atoms with van der Waals surface area (Å²) in [6, 6.07) is 8.12. The van der Waals surface area contributed by atoms with Crippen LogP contribution in [0.4, 0.5) is 0 Å². The molecule has 0 aromatic heterocycles. The molecule has 0 aliphatic rings. The first kappa shape index (κ1) is 8.35. The summed E-state index contributed by atoms with van der Waals surface area (Å²) >= 11 is 5.67. The van der Waals surface area contributed by atoms with E-state index in [0.29, 0.717) is 5.88 Å². The van der Waals surface area contributed by atoms with Crippen molar-refractivity contribution in [3.05, 3.63) is 42.0 Å². The number of alkyl halides is 1. The van der Waals surface area contributed by atoms with Gasteiger partial charge in [0.1, 0.15) is 0 Å². The van der Waals surface area contributed by atoms with E-state index in [1.165, 1.54) is 5.56 Å². The van der Waals surface area contributed by atoms with Crippen LogP contribution in [0.15, 0.2) is 30.8 Å². The van der Waals surface area contributed by atoms with Crippen LogP contribution in [0.5, 0.6) is 0 Å². The maximum absolute atomic E-state index is 5.67. The molecule has 0 spiro atoms. The molecule has 0 atom stereocenters. The molecule has 0 heterocycles. The van der Waals surface area contributed by atoms with Crippen molar-refractivity contribution in [3.8, 4) is 0 Å². The SMILES string of the molecule is C=C(C)c1cccc(CCl)c1. The zero-order chi connectivity index (χ0) is 8.27. The Hall–Kier alpha value is -0.750. The lowest BCUT2D eigenvalue weighted by atomic mass is 10.1. The third kappa shape index (κ3) is 2.09. The highest BCUT2D eigenvalue weighted by atomic mass is 35.5. The highest BCUT2D eigenvalue weighted by molar-refractivity contribution is 6.17. The number of hydrogen-bond donors (Lipinski definition) is 0. The first-order chi connectivity index (χ1) is 5.24. The monoisotopic (exact) mass is 166 g/mol. The summed E-state index contributed by atoms with van der Waals surface area (Å²) in [6.45, 7) is 5.85. The standard InChI is InChI=1S/C10H11Cl/c1-8(2)10-5-3-4-9(6-10)7-11/h3-6H,1,7H2,2H3. The molecule has 0 radical (unpaired) electrons. The molecule has 0 unspecified atom stereocenters. The summed E-state index contributed by atoms with van der Waals surface area (Å²) < 4.78 is 0. The Morgan fingerprint density at radius 1 is 1.55 bits per heavy atom. The van der Waals surface area contributed by atoms with Gasteiger partial charge in [-0.2, -0.15) is 0 Å². The number of benzene rings is 1. The minimum atomic E-state index is 0.571. The molecule has 11 heavy (non-hydrogen) atoms. The molecule has 1 aromatic rings. The summed E-state index contributed by atoms with van der Waals surface area (Å²) in [5.41, 5.74) is 3.40. The van der Waals surface area contributed by atoms with Crippen molar-refractivity contribution in [2.45, 2.75) is 12.8 Å². The van der Waals surface area contributed by atoms with Gasteiger partial charge in [-0.1, -0.05) is 36.4 Å². The number of hydrogen-bond acceptors (Lipinski definition) is 0. The Morgan fingerprint density at radius 2 is 2.27 bits per heavy atom. The van der Waals surface area contributed by atoms with Crippen molar-refractivity contribution < 1.29 is 0 Å². The minimum Gasteiger partial charge on any atom is -0.122 e. The van der Waals surface area contributed by atoms with Crippen LogP contribution in [0.1, 0.15) is 18.1 Å². The normalized spacial score (nSPS) is 9.64. The molecule has 0 aliphatic heterocycles. The summed E-state index contributed by atoms with van der Waals surface area (Å²) in [7, 11) is 0. The van der Waals surface area contributed by atoms with Crippen LogP contribution in [0.3, 0.4) is 0 Å². The van der Waals surface area contributed by atoms with Crippen LogP contribution in [-0.4, -0.2) is 0 Å². The van der Waals surface area contributed by atoms with Gasteiger partial charge in [0, 0.05) is 5.88 Å². The molecule has 0 saturated carbocycles. The van der Waals surface area contributed by atoms with E-state index in [9.17, 15) is 0 Å². The van der Waals surface area contributed by atoms with Crippen molar-refractivity contribution >= 4 is 17.2 Å². The van der Waals surface area contributed by atoms with E-state index in [4.69, 9.17) is 11.6 Å². The number of halogens is 1. The van der Waals surface area contributed by atoms with Gasteiger partial charge >= 0.3 is 0 Å². The Labute approximate surface area is 72.5 Å². The molecule has 0 N–H and O–H groups in total. The van der Waals surface area contributed by atoms with Crippen molar-refractivity contribution in [1.82, 2.24) is 0 Å². The van der Waals surface area contributed by atoms with Crippen molar-refractivity contribution in [1.29, 1.82) is 0 Å². The second-order valence-corrected chi connectivity index (χ2v) is 2.88. The Bertz CT molecular complexity index is 263. The Kier molecular flexibility index (Phi) is 2.72. The maximum atomic E-state index is 5.67. The smallest absolute Gasteiger partial charge is 0.0474 e. The van der Waals surface area contributed by atoms with Gasteiger partial charge in [0.15, 0.2) is 0 Å². The maximum Gasteiger partial charge on any atom is 0.0474 e. The van der Waals surface area contributed by atoms with Gasteiger partial charge in [0.05, 0.1) is 0 Å². The zero-order valence-corrected chi connectivity index (χ0v) is 7.36. The largest absolute Gasteiger partial charge is 0.122 e. The molecule has 0 aliphatic carbocycles. The molecule has 0 bridgehead atoms. The Balaban J connectivity index is 3.01. The van der Waals surface area contributed by atoms with Crippen LogP contribution in [0, 0.1) is 0 Å². The van der Waals surface area contributed by atoms with E-state index in [0.717, 1.165) is 11.1 Å². The fraction of sp³-hybridized carbons (Fsp3) is 0.200. The van der Waals surface area contributed by atoms with E-state index in [1.807, 2.05) is 25.1 Å². The van der Waals surface area contributed by atoms with Crippen LogP contribution >= 0.6 is 11.6 Å². The first-order valence-electron chi connectivity index (χ1n) is 3.55. The molecule has 0 amide bonds. The molecule has 1 aromatic carbocycles. The van der Waals surface area contributed by atoms with Crippen LogP contribution in [0.2, 0.25) is 0 Å². The topological polar surface area (TPSA) is 0 Å². The van der Waals surface area contributed by atoms with E-state index < -0.39 is 0 Å². The fourth-order valence-corrected chi connectivity index (χ4v) is 1.09. The molecular weight excluding hydrogens is 156 g/mol. The minimum absolute atomic E-state index is 0.571. The fourth-order valence-electron chi connectivity index (χ4n) is 0.920. The second kappa shape index (κ2) is 3.59. The molecule has 58 valence electrons. The lowest BCUT2D eigenvalue weighted by molar-refractivity contribution is 1.38. The van der Waals surface area contributed by atoms with Crippen molar-refractivity contribution in [3.63, 3.8) is 0 Å². The summed E-state index contributed by atoms with van der Waals surface area (Å²) in [4.78, 5) is 0. The van der Waals surface area contributed by atoms with Gasteiger partial charge in [0.2, 0.25) is 0 Å². The number of allylic oxidation sites excluding steroid dienone is 1. The van der Waals surface area contributed by atoms with E-state index in [-0.39, 0.29) is 0 Å². The van der Waals surface area contributed by atoms with Crippen molar-refractivity contribution in [2.24, 2.45) is 0 Å². The van der Waals surface area contributed by atoms with Crippen molar-refractivity contribution in [2.75, 3.05) is 0 Å². The molecule has 0 nitrogen and oxygen atoms in total. The van der Waals surface area contributed by atoms with Gasteiger partial charge in [-0.05, 0) is 18.1 Å². The lowest BCUT2D eigenvalue weighted by Crippen LogP contribution is -1.81. The summed E-state index contributed by atoms with van der Waals surface area (Å²) in [6.07, 6.45) is 0. The van der Waals surface area contributed by atoms with Crippen LogP contribution in [-0.2, 0) is 5.88 Å². The average Bonchev–Trinajstić information content (AvgIpc) is 2.05. The van der Waals surface area contributed by atoms with Gasteiger partial charge in [0.25, 0.3) is 0 Å². The van der Waals surface area contributed by atoms with Gasteiger partial charge < -0.3 is 0 Å². The lowest BCUT2D eigenvalue weighted by Gasteiger charge is -2.00. The third-order valence-corrected chi connectivity index (χ3v) is 1.88. The average molecular weight is 167 g/mol. The molecule has 1 heteroatoms. The highest BCUT2D eigenvalue weighted by Crippen LogP contribution is 2.14. The van der Waals surface area contributed by atoms with Crippen LogP contribution in [0.25, 0.3) is 5.57 Å². The molecule has 1 rings (SSSR count). The van der Waals surface area contributed by atoms with Crippen LogP contribution < -0.4 is 0 Å². The van der Waals surface area contributed by atoms with E-state index >= 15 is 0 Å². The quantitative estimate of drug-likeness (QED) is 0.591. The molecule has 0 saturated heterocycles. The van der Waals surface area contributed by atoms with E-state index in [2.05, 4.69) is 12.6 Å². The summed E-state index contributed by atoms with van der Waals surface area (Å²) in [5, 5.41) is 0. The predicted octanol–water partition coefficient (Wildman–Crippen LogP) is 3.46. The second-order valence-electron chi connectivity index (χ2n) is 2.61. The van der Waals surface area contributed by atoms with Gasteiger partial charge in [-0.3, -0.25) is 0 Å². The Morgan fingerprint density at radius 3 is 2.82 bits per heavy atom. The predicted molar refractivity (Wildman–Crippen MR) is 50.7 cm³/mol. The summed E-state index contributed by atoms with van der Waals surface area (Å²) in [5.74, 6) is 0.571. The first-order valence-corrected chi connectivity index (χ1v) is 4.08.